The number of rotatable bonds is 6. The first-order valence-corrected chi connectivity index (χ1v) is 10.6. The highest BCUT2D eigenvalue weighted by atomic mass is 16.5. The first-order chi connectivity index (χ1) is 13.8. The molecular weight excluding hydrogens is 344 g/mol. The molecule has 0 radical (unpaired) electrons. The molecule has 0 unspecified atom stereocenters. The van der Waals surface area contributed by atoms with Crippen molar-refractivity contribution in [2.24, 2.45) is 11.8 Å². The van der Waals surface area contributed by atoms with Gasteiger partial charge in [-0.25, -0.2) is 0 Å². The van der Waals surface area contributed by atoms with E-state index in [4.69, 9.17) is 15.3 Å². The fourth-order valence-electron chi connectivity index (χ4n) is 4.53. The third kappa shape index (κ3) is 6.08. The Morgan fingerprint density at radius 1 is 0.893 bits per heavy atom. The Hall–Kier alpha value is -2.36. The van der Waals surface area contributed by atoms with Gasteiger partial charge in [-0.05, 0) is 86.8 Å². The second kappa shape index (κ2) is 10.8. The summed E-state index contributed by atoms with van der Waals surface area (Å²) < 4.78 is 6.27. The number of hydrogen-bond acceptors (Lipinski definition) is 3. The second-order valence-corrected chi connectivity index (χ2v) is 8.19. The van der Waals surface area contributed by atoms with E-state index in [1.807, 2.05) is 30.4 Å². The van der Waals surface area contributed by atoms with Crippen LogP contribution in [0.3, 0.4) is 0 Å². The molecule has 2 aliphatic carbocycles. The Balaban J connectivity index is 1.34. The number of ether oxygens (including phenoxy) is 1. The first-order valence-electron chi connectivity index (χ1n) is 10.6. The van der Waals surface area contributed by atoms with Gasteiger partial charge in [-0.2, -0.15) is 10.5 Å². The Bertz CT molecular complexity index is 734. The lowest BCUT2D eigenvalue weighted by Gasteiger charge is -2.32. The molecule has 0 aliphatic heterocycles. The SMILES string of the molecule is N#CC=CC=C[C@H]1CC[C@H](OC[C@H]2CC[C@H](c3ccc(C#N)cc3)CC2)CC1. The number of hydrogen-bond donors (Lipinski definition) is 0. The van der Waals surface area contributed by atoms with E-state index < -0.39 is 0 Å². The van der Waals surface area contributed by atoms with E-state index in [0.29, 0.717) is 23.9 Å². The number of nitriles is 2. The van der Waals surface area contributed by atoms with Crippen LogP contribution in [0, 0.1) is 34.5 Å². The predicted octanol–water partition coefficient (Wildman–Crippen LogP) is 6.04. The zero-order valence-corrected chi connectivity index (χ0v) is 16.6. The standard InChI is InChI=1S/C25H30N2O/c26-17-3-1-2-4-20-9-15-25(16-10-20)28-19-22-7-13-24(14-8-22)23-11-5-21(18-27)6-12-23/h1-6,11-12,20,22,24-25H,7-10,13-16,19H2/t20-,22-,24-,25-. The molecule has 2 fully saturated rings. The van der Waals surface area contributed by atoms with Crippen molar-refractivity contribution in [1.29, 1.82) is 10.5 Å². The molecule has 0 aromatic heterocycles. The highest BCUT2D eigenvalue weighted by molar-refractivity contribution is 5.33. The third-order valence-corrected chi connectivity index (χ3v) is 6.31. The van der Waals surface area contributed by atoms with Crippen LogP contribution in [0.4, 0.5) is 0 Å². The van der Waals surface area contributed by atoms with E-state index in [0.717, 1.165) is 25.0 Å². The van der Waals surface area contributed by atoms with Gasteiger partial charge >= 0.3 is 0 Å². The topological polar surface area (TPSA) is 56.8 Å². The average molecular weight is 375 g/mol. The molecule has 1 aromatic carbocycles. The number of benzene rings is 1. The van der Waals surface area contributed by atoms with E-state index in [1.54, 1.807) is 0 Å². The zero-order chi connectivity index (χ0) is 19.6. The molecule has 0 heterocycles. The smallest absolute Gasteiger partial charge is 0.0991 e. The van der Waals surface area contributed by atoms with Gasteiger partial charge in [0.25, 0.3) is 0 Å². The minimum Gasteiger partial charge on any atom is -0.378 e. The summed E-state index contributed by atoms with van der Waals surface area (Å²) in [4.78, 5) is 0. The predicted molar refractivity (Wildman–Crippen MR) is 111 cm³/mol. The van der Waals surface area contributed by atoms with Crippen LogP contribution in [0.5, 0.6) is 0 Å². The number of nitrogens with zero attached hydrogens (tertiary/aromatic N) is 2. The minimum atomic E-state index is 0.426. The van der Waals surface area contributed by atoms with Gasteiger partial charge in [0.2, 0.25) is 0 Å². The molecule has 0 spiro atoms. The van der Waals surface area contributed by atoms with Crippen LogP contribution < -0.4 is 0 Å². The molecule has 146 valence electrons. The molecular formula is C25H30N2O. The fraction of sp³-hybridized carbons (Fsp3) is 0.520. The lowest BCUT2D eigenvalue weighted by molar-refractivity contribution is -0.00456. The highest BCUT2D eigenvalue weighted by Crippen LogP contribution is 2.36. The number of allylic oxidation sites excluding steroid dienone is 4. The van der Waals surface area contributed by atoms with E-state index in [2.05, 4.69) is 24.3 Å². The molecule has 1 aromatic rings. The van der Waals surface area contributed by atoms with Crippen molar-refractivity contribution in [2.45, 2.75) is 63.4 Å². The van der Waals surface area contributed by atoms with Crippen molar-refractivity contribution in [3.63, 3.8) is 0 Å². The molecule has 2 saturated carbocycles. The summed E-state index contributed by atoms with van der Waals surface area (Å²) in [5.41, 5.74) is 2.13. The van der Waals surface area contributed by atoms with Crippen molar-refractivity contribution in [3.8, 4) is 12.1 Å². The first kappa shape index (κ1) is 20.4. The van der Waals surface area contributed by atoms with E-state index in [1.165, 1.54) is 50.2 Å². The van der Waals surface area contributed by atoms with Crippen molar-refractivity contribution >= 4 is 0 Å². The fourth-order valence-corrected chi connectivity index (χ4v) is 4.53. The van der Waals surface area contributed by atoms with Gasteiger partial charge in [-0.1, -0.05) is 30.4 Å². The summed E-state index contributed by atoms with van der Waals surface area (Å²) in [5.74, 6) is 1.97. The van der Waals surface area contributed by atoms with Crippen LogP contribution in [0.15, 0.2) is 48.6 Å². The minimum absolute atomic E-state index is 0.426. The maximum Gasteiger partial charge on any atom is 0.0991 e. The summed E-state index contributed by atoms with van der Waals surface area (Å²) in [6.07, 6.45) is 17.6. The van der Waals surface area contributed by atoms with Crippen molar-refractivity contribution in [2.75, 3.05) is 6.61 Å². The van der Waals surface area contributed by atoms with Crippen LogP contribution in [-0.2, 0) is 4.74 Å². The summed E-state index contributed by atoms with van der Waals surface area (Å²) in [7, 11) is 0. The maximum atomic E-state index is 8.93. The summed E-state index contributed by atoms with van der Waals surface area (Å²) in [5, 5.41) is 17.4. The molecule has 0 saturated heterocycles. The van der Waals surface area contributed by atoms with Crippen molar-refractivity contribution in [3.05, 3.63) is 59.7 Å². The molecule has 3 heteroatoms. The Labute approximate surface area is 169 Å². The van der Waals surface area contributed by atoms with Gasteiger partial charge in [0.1, 0.15) is 0 Å². The van der Waals surface area contributed by atoms with Crippen LogP contribution in [0.2, 0.25) is 0 Å². The normalized spacial score (nSPS) is 28.2. The van der Waals surface area contributed by atoms with Crippen LogP contribution in [0.25, 0.3) is 0 Å². The van der Waals surface area contributed by atoms with Gasteiger partial charge in [-0.3, -0.25) is 0 Å². The Morgan fingerprint density at radius 2 is 1.61 bits per heavy atom. The quantitative estimate of drug-likeness (QED) is 0.450. The lowest BCUT2D eigenvalue weighted by Crippen LogP contribution is -2.25. The lowest BCUT2D eigenvalue weighted by atomic mass is 9.79. The van der Waals surface area contributed by atoms with Gasteiger partial charge in [0.05, 0.1) is 23.8 Å². The van der Waals surface area contributed by atoms with Crippen LogP contribution in [-0.4, -0.2) is 12.7 Å². The van der Waals surface area contributed by atoms with E-state index in [9.17, 15) is 0 Å². The molecule has 28 heavy (non-hydrogen) atoms. The molecule has 3 nitrogen and oxygen atoms in total. The van der Waals surface area contributed by atoms with Crippen molar-refractivity contribution in [1.82, 2.24) is 0 Å². The molecule has 0 atom stereocenters. The van der Waals surface area contributed by atoms with E-state index in [-0.39, 0.29) is 0 Å². The largest absolute Gasteiger partial charge is 0.378 e. The van der Waals surface area contributed by atoms with Gasteiger partial charge in [-0.15, -0.1) is 0 Å². The summed E-state index contributed by atoms with van der Waals surface area (Å²) in [6.45, 7) is 0.913. The third-order valence-electron chi connectivity index (χ3n) is 6.31. The molecule has 0 amide bonds. The average Bonchev–Trinajstić information content (AvgIpc) is 2.76. The Morgan fingerprint density at radius 3 is 2.25 bits per heavy atom. The Kier molecular flexibility index (Phi) is 7.89. The molecule has 0 bridgehead atoms. The van der Waals surface area contributed by atoms with Gasteiger partial charge in [0, 0.05) is 12.7 Å². The highest BCUT2D eigenvalue weighted by Gasteiger charge is 2.25. The zero-order valence-electron chi connectivity index (χ0n) is 16.6. The van der Waals surface area contributed by atoms with Crippen LogP contribution in [0.1, 0.15) is 68.4 Å². The summed E-state index contributed by atoms with van der Waals surface area (Å²) >= 11 is 0. The maximum absolute atomic E-state index is 8.93. The van der Waals surface area contributed by atoms with Crippen LogP contribution >= 0.6 is 0 Å². The van der Waals surface area contributed by atoms with Gasteiger partial charge < -0.3 is 4.74 Å². The summed E-state index contributed by atoms with van der Waals surface area (Å²) in [6, 6.07) is 12.3. The monoisotopic (exact) mass is 374 g/mol. The molecule has 2 aliphatic rings. The van der Waals surface area contributed by atoms with Crippen molar-refractivity contribution < 1.29 is 4.74 Å². The second-order valence-electron chi connectivity index (χ2n) is 8.19. The van der Waals surface area contributed by atoms with Gasteiger partial charge in [0.15, 0.2) is 0 Å². The van der Waals surface area contributed by atoms with E-state index >= 15 is 0 Å². The molecule has 3 rings (SSSR count). The molecule has 0 N–H and O–H groups in total.